The number of methoxy groups -OCH3 is 1. The van der Waals surface area contributed by atoms with Crippen molar-refractivity contribution < 1.29 is 19.1 Å². The van der Waals surface area contributed by atoms with Crippen molar-refractivity contribution in [3.8, 4) is 5.75 Å². The maximum atomic E-state index is 12.4. The second kappa shape index (κ2) is 9.92. The molecule has 1 saturated carbocycles. The predicted octanol–water partition coefficient (Wildman–Crippen LogP) is 2.90. The van der Waals surface area contributed by atoms with Crippen LogP contribution in [-0.4, -0.2) is 49.1 Å². The maximum Gasteiger partial charge on any atom is 0.323 e. The van der Waals surface area contributed by atoms with Crippen LogP contribution in [0.2, 0.25) is 0 Å². The molecule has 0 aromatic heterocycles. The molecule has 2 fully saturated rings. The fourth-order valence-corrected chi connectivity index (χ4v) is 4.48. The van der Waals surface area contributed by atoms with Gasteiger partial charge >= 0.3 is 5.97 Å². The van der Waals surface area contributed by atoms with Gasteiger partial charge in [-0.25, -0.2) is 0 Å². The molecule has 6 heteroatoms. The Hall–Kier alpha value is -2.08. The van der Waals surface area contributed by atoms with E-state index in [-0.39, 0.29) is 24.0 Å². The topological polar surface area (TPSA) is 67.9 Å². The summed E-state index contributed by atoms with van der Waals surface area (Å²) in [6.45, 7) is 3.78. The van der Waals surface area contributed by atoms with Gasteiger partial charge in [0.15, 0.2) is 0 Å². The minimum atomic E-state index is -0.350. The first-order valence-electron chi connectivity index (χ1n) is 10.4. The van der Waals surface area contributed by atoms with Crippen LogP contribution in [0.25, 0.3) is 0 Å². The van der Waals surface area contributed by atoms with Gasteiger partial charge in [-0.15, -0.1) is 0 Å². The molecule has 1 aromatic carbocycles. The zero-order chi connectivity index (χ0) is 19.9. The summed E-state index contributed by atoms with van der Waals surface area (Å²) in [6, 6.07) is 7.51. The lowest BCUT2D eigenvalue weighted by Gasteiger charge is -2.23. The van der Waals surface area contributed by atoms with Crippen LogP contribution >= 0.6 is 0 Å². The van der Waals surface area contributed by atoms with Crippen molar-refractivity contribution in [2.45, 2.75) is 64.1 Å². The summed E-state index contributed by atoms with van der Waals surface area (Å²) in [5.74, 6) is 1.22. The van der Waals surface area contributed by atoms with Crippen molar-refractivity contribution in [1.29, 1.82) is 0 Å². The highest BCUT2D eigenvalue weighted by atomic mass is 16.5. The van der Waals surface area contributed by atoms with Gasteiger partial charge in [-0.1, -0.05) is 31.0 Å². The van der Waals surface area contributed by atoms with Crippen LogP contribution < -0.4 is 10.1 Å². The number of carbonyl (C=O) groups excluding carboxylic acids is 2. The molecule has 6 nitrogen and oxygen atoms in total. The molecule has 1 aliphatic carbocycles. The Morgan fingerprint density at radius 2 is 1.96 bits per heavy atom. The van der Waals surface area contributed by atoms with Gasteiger partial charge in [0.05, 0.1) is 13.7 Å². The molecule has 0 radical (unpaired) electrons. The molecule has 1 saturated heterocycles. The van der Waals surface area contributed by atoms with Crippen molar-refractivity contribution in [2.75, 3.05) is 20.3 Å². The van der Waals surface area contributed by atoms with E-state index >= 15 is 0 Å². The van der Waals surface area contributed by atoms with Crippen LogP contribution in [0.1, 0.15) is 51.0 Å². The quantitative estimate of drug-likeness (QED) is 0.694. The molecule has 0 unspecified atom stereocenters. The number of para-hydroxylation sites is 1. The van der Waals surface area contributed by atoms with Crippen LogP contribution in [0, 0.1) is 5.92 Å². The highest BCUT2D eigenvalue weighted by molar-refractivity contribution is 5.78. The lowest BCUT2D eigenvalue weighted by Crippen LogP contribution is -2.38. The molecule has 3 rings (SSSR count). The summed E-state index contributed by atoms with van der Waals surface area (Å²) < 4.78 is 10.7. The van der Waals surface area contributed by atoms with Gasteiger partial charge in [-0.2, -0.15) is 0 Å². The van der Waals surface area contributed by atoms with Crippen molar-refractivity contribution in [3.05, 3.63) is 29.8 Å². The van der Waals surface area contributed by atoms with E-state index < -0.39 is 0 Å². The average Bonchev–Trinajstić information content (AvgIpc) is 3.33. The number of esters is 1. The minimum absolute atomic E-state index is 0.0303. The first-order chi connectivity index (χ1) is 13.6. The monoisotopic (exact) mass is 388 g/mol. The Labute approximate surface area is 167 Å². The van der Waals surface area contributed by atoms with Crippen LogP contribution in [0.15, 0.2) is 24.3 Å². The molecule has 2 aliphatic rings. The molecule has 1 N–H and O–H groups in total. The molecule has 0 bridgehead atoms. The van der Waals surface area contributed by atoms with Crippen LogP contribution in [0.5, 0.6) is 5.75 Å². The van der Waals surface area contributed by atoms with Crippen LogP contribution in [0.4, 0.5) is 0 Å². The van der Waals surface area contributed by atoms with Gasteiger partial charge in [0.25, 0.3) is 0 Å². The third-order valence-electron chi connectivity index (χ3n) is 5.84. The number of carbonyl (C=O) groups is 2. The Morgan fingerprint density at radius 3 is 2.68 bits per heavy atom. The van der Waals surface area contributed by atoms with E-state index in [1.54, 1.807) is 0 Å². The Balaban J connectivity index is 1.64. The van der Waals surface area contributed by atoms with E-state index in [9.17, 15) is 9.59 Å². The normalized spacial score (nSPS) is 22.9. The van der Waals surface area contributed by atoms with Crippen molar-refractivity contribution in [3.63, 3.8) is 0 Å². The number of amides is 1. The van der Waals surface area contributed by atoms with Crippen LogP contribution in [0.3, 0.4) is 0 Å². The second-order valence-electron chi connectivity index (χ2n) is 7.86. The molecule has 1 amide bonds. The Kier molecular flexibility index (Phi) is 7.31. The molecule has 1 aromatic rings. The van der Waals surface area contributed by atoms with Crippen LogP contribution in [-0.2, 0) is 20.9 Å². The summed E-state index contributed by atoms with van der Waals surface area (Å²) in [7, 11) is 1.42. The van der Waals surface area contributed by atoms with Gasteiger partial charge in [-0.3, -0.25) is 14.5 Å². The highest BCUT2D eigenvalue weighted by Gasteiger charge is 2.38. The smallest absolute Gasteiger partial charge is 0.323 e. The van der Waals surface area contributed by atoms with Gasteiger partial charge in [0.1, 0.15) is 11.8 Å². The first kappa shape index (κ1) is 20.6. The maximum absolute atomic E-state index is 12.4. The van der Waals surface area contributed by atoms with Gasteiger partial charge in [0, 0.05) is 31.1 Å². The predicted molar refractivity (Wildman–Crippen MR) is 107 cm³/mol. The van der Waals surface area contributed by atoms with Crippen molar-refractivity contribution in [1.82, 2.24) is 10.2 Å². The number of rotatable bonds is 8. The highest BCUT2D eigenvalue weighted by Crippen LogP contribution is 2.29. The van der Waals surface area contributed by atoms with E-state index in [2.05, 4.69) is 10.2 Å². The number of ether oxygens (including phenoxy) is 2. The summed E-state index contributed by atoms with van der Waals surface area (Å²) in [6.07, 6.45) is 5.97. The van der Waals surface area contributed by atoms with Gasteiger partial charge in [-0.05, 0) is 38.2 Å². The average molecular weight is 389 g/mol. The molecule has 154 valence electrons. The second-order valence-corrected chi connectivity index (χ2v) is 7.86. The molecular formula is C22H32N2O4. The number of nitrogens with one attached hydrogen (secondary N) is 1. The molecule has 1 aliphatic heterocycles. The lowest BCUT2D eigenvalue weighted by molar-refractivity contribution is -0.146. The van der Waals surface area contributed by atoms with Crippen molar-refractivity contribution in [2.24, 2.45) is 5.92 Å². The third-order valence-corrected chi connectivity index (χ3v) is 5.84. The minimum Gasteiger partial charge on any atom is -0.494 e. The standard InChI is InChI=1S/C22H32N2O4/c1-3-28-20-11-7-6-10-17(20)14-24-15-18(13-19(24)22(26)27-2)23-21(25)12-16-8-4-5-9-16/h6-7,10-11,16,18-19H,3-5,8-9,12-15H2,1-2H3,(H,23,25)/t18-,19+/m1/s1. The summed E-state index contributed by atoms with van der Waals surface area (Å²) >= 11 is 0. The Bertz CT molecular complexity index is 672. The number of nitrogens with zero attached hydrogens (tertiary/aromatic N) is 1. The van der Waals surface area contributed by atoms with Crippen molar-refractivity contribution >= 4 is 11.9 Å². The number of hydrogen-bond acceptors (Lipinski definition) is 5. The molecule has 28 heavy (non-hydrogen) atoms. The number of likely N-dealkylation sites (tertiary alicyclic amines) is 1. The number of benzene rings is 1. The largest absolute Gasteiger partial charge is 0.494 e. The fourth-order valence-electron chi connectivity index (χ4n) is 4.48. The molecule has 2 atom stereocenters. The summed E-state index contributed by atoms with van der Waals surface area (Å²) in [5, 5.41) is 3.15. The van der Waals surface area contributed by atoms with Gasteiger partial charge < -0.3 is 14.8 Å². The van der Waals surface area contributed by atoms with E-state index in [0.29, 0.717) is 38.5 Å². The first-order valence-corrected chi connectivity index (χ1v) is 10.4. The van der Waals surface area contributed by atoms with Gasteiger partial charge in [0.2, 0.25) is 5.91 Å². The Morgan fingerprint density at radius 1 is 1.21 bits per heavy atom. The molecule has 1 heterocycles. The lowest BCUT2D eigenvalue weighted by atomic mass is 10.0. The summed E-state index contributed by atoms with van der Waals surface area (Å²) in [4.78, 5) is 26.9. The zero-order valence-corrected chi connectivity index (χ0v) is 17.0. The van der Waals surface area contributed by atoms with E-state index in [1.165, 1.54) is 20.0 Å². The van der Waals surface area contributed by atoms with E-state index in [0.717, 1.165) is 24.2 Å². The summed E-state index contributed by atoms with van der Waals surface area (Å²) in [5.41, 5.74) is 1.04. The van der Waals surface area contributed by atoms with E-state index in [1.807, 2.05) is 31.2 Å². The molecular weight excluding hydrogens is 356 g/mol. The SMILES string of the molecule is CCOc1ccccc1CN1C[C@H](NC(=O)CC2CCCC2)C[C@H]1C(=O)OC. The zero-order valence-electron chi connectivity index (χ0n) is 17.0. The third kappa shape index (κ3) is 5.25. The molecule has 0 spiro atoms. The van der Waals surface area contributed by atoms with E-state index in [4.69, 9.17) is 9.47 Å². The fraction of sp³-hybridized carbons (Fsp3) is 0.636. The number of hydrogen-bond donors (Lipinski definition) is 1.